The molecule has 2 rings (SSSR count). The van der Waals surface area contributed by atoms with Crippen LogP contribution in [0.3, 0.4) is 0 Å². The highest BCUT2D eigenvalue weighted by molar-refractivity contribution is 5.69. The zero-order valence-corrected chi connectivity index (χ0v) is 10.1. The minimum absolute atomic E-state index is 0.0694. The van der Waals surface area contributed by atoms with Gasteiger partial charge < -0.3 is 14.7 Å². The van der Waals surface area contributed by atoms with E-state index < -0.39 is 0 Å². The zero-order valence-electron chi connectivity index (χ0n) is 10.1. The van der Waals surface area contributed by atoms with Crippen LogP contribution in [0.4, 0.5) is 4.79 Å². The van der Waals surface area contributed by atoms with Crippen LogP contribution in [0.1, 0.15) is 46.0 Å². The fourth-order valence-electron chi connectivity index (χ4n) is 2.91. The molecule has 0 aromatic heterocycles. The summed E-state index contributed by atoms with van der Waals surface area (Å²) >= 11 is 0. The summed E-state index contributed by atoms with van der Waals surface area (Å²) in [5, 5.41) is 9.72. The molecule has 0 aromatic carbocycles. The normalized spacial score (nSPS) is 34.0. The highest BCUT2D eigenvalue weighted by Gasteiger charge is 2.41. The average molecular weight is 227 g/mol. The van der Waals surface area contributed by atoms with Crippen LogP contribution >= 0.6 is 0 Å². The molecule has 0 aromatic rings. The summed E-state index contributed by atoms with van der Waals surface area (Å²) in [6, 6.07) is 0.377. The third-order valence-electron chi connectivity index (χ3n) is 3.50. The van der Waals surface area contributed by atoms with Gasteiger partial charge in [-0.1, -0.05) is 0 Å². The molecule has 0 saturated carbocycles. The Hall–Kier alpha value is -0.770. The predicted molar refractivity (Wildman–Crippen MR) is 60.1 cm³/mol. The van der Waals surface area contributed by atoms with Crippen LogP contribution in [0.2, 0.25) is 0 Å². The van der Waals surface area contributed by atoms with Gasteiger partial charge in [0.1, 0.15) is 0 Å². The van der Waals surface area contributed by atoms with Crippen LogP contribution in [-0.2, 0) is 4.74 Å². The van der Waals surface area contributed by atoms with E-state index >= 15 is 0 Å². The summed E-state index contributed by atoms with van der Waals surface area (Å²) < 4.78 is 5.27. The summed E-state index contributed by atoms with van der Waals surface area (Å²) in [5.74, 6) is 0. The Labute approximate surface area is 96.6 Å². The fraction of sp³-hybridized carbons (Fsp3) is 0.917. The molecule has 2 unspecified atom stereocenters. The van der Waals surface area contributed by atoms with E-state index in [0.29, 0.717) is 12.8 Å². The van der Waals surface area contributed by atoms with Crippen molar-refractivity contribution in [1.82, 2.24) is 4.90 Å². The van der Waals surface area contributed by atoms with Crippen LogP contribution < -0.4 is 0 Å². The van der Waals surface area contributed by atoms with E-state index in [9.17, 15) is 9.90 Å². The molecular weight excluding hydrogens is 206 g/mol. The predicted octanol–water partition coefficient (Wildman–Crippen LogP) is 1.91. The Bertz CT molecular complexity index is 253. The van der Waals surface area contributed by atoms with Gasteiger partial charge in [0.2, 0.25) is 0 Å². The lowest BCUT2D eigenvalue weighted by Crippen LogP contribution is -2.56. The van der Waals surface area contributed by atoms with Gasteiger partial charge in [0.15, 0.2) is 0 Å². The van der Waals surface area contributed by atoms with Gasteiger partial charge in [0.25, 0.3) is 0 Å². The van der Waals surface area contributed by atoms with Crippen molar-refractivity contribution in [2.75, 3.05) is 0 Å². The summed E-state index contributed by atoms with van der Waals surface area (Å²) in [6.45, 7) is 3.74. The quantitative estimate of drug-likeness (QED) is 0.744. The number of rotatable bonds is 1. The number of hydrogen-bond donors (Lipinski definition) is 1. The molecule has 2 bridgehead atoms. The van der Waals surface area contributed by atoms with E-state index in [2.05, 4.69) is 0 Å². The van der Waals surface area contributed by atoms with Crippen molar-refractivity contribution >= 4 is 6.09 Å². The first kappa shape index (κ1) is 11.7. The third-order valence-corrected chi connectivity index (χ3v) is 3.50. The molecule has 4 nitrogen and oxygen atoms in total. The van der Waals surface area contributed by atoms with E-state index in [-0.39, 0.29) is 30.4 Å². The van der Waals surface area contributed by atoms with Gasteiger partial charge in [-0.3, -0.25) is 0 Å². The van der Waals surface area contributed by atoms with E-state index in [1.165, 1.54) is 0 Å². The van der Waals surface area contributed by atoms with Gasteiger partial charge in [-0.2, -0.15) is 0 Å². The summed E-state index contributed by atoms with van der Waals surface area (Å²) in [7, 11) is 0. The van der Waals surface area contributed by atoms with E-state index in [0.717, 1.165) is 19.3 Å². The summed E-state index contributed by atoms with van der Waals surface area (Å²) in [4.78, 5) is 13.8. The number of piperidine rings is 2. The van der Waals surface area contributed by atoms with Crippen molar-refractivity contribution in [3.05, 3.63) is 0 Å². The molecule has 2 fully saturated rings. The van der Waals surface area contributed by atoms with Gasteiger partial charge in [-0.15, -0.1) is 0 Å². The average Bonchev–Trinajstić information content (AvgIpc) is 2.14. The number of aliphatic hydroxyl groups is 1. The Morgan fingerprint density at radius 3 is 2.38 bits per heavy atom. The van der Waals surface area contributed by atoms with Crippen molar-refractivity contribution in [3.63, 3.8) is 0 Å². The molecule has 1 amide bonds. The molecule has 1 N–H and O–H groups in total. The molecule has 0 spiro atoms. The molecule has 92 valence electrons. The summed E-state index contributed by atoms with van der Waals surface area (Å²) in [5.41, 5.74) is 0. The van der Waals surface area contributed by atoms with Gasteiger partial charge in [-0.05, 0) is 46.0 Å². The molecule has 2 saturated heterocycles. The van der Waals surface area contributed by atoms with Crippen LogP contribution in [0.5, 0.6) is 0 Å². The molecule has 4 heteroatoms. The van der Waals surface area contributed by atoms with Crippen LogP contribution in [-0.4, -0.2) is 40.4 Å². The first-order valence-corrected chi connectivity index (χ1v) is 6.25. The Kier molecular flexibility index (Phi) is 3.38. The molecular formula is C12H21NO3. The number of ether oxygens (including phenoxy) is 1. The molecule has 2 atom stereocenters. The molecule has 2 heterocycles. The van der Waals surface area contributed by atoms with Crippen molar-refractivity contribution in [2.24, 2.45) is 0 Å². The Morgan fingerprint density at radius 2 is 1.88 bits per heavy atom. The van der Waals surface area contributed by atoms with Crippen molar-refractivity contribution in [2.45, 2.75) is 70.2 Å². The minimum Gasteiger partial charge on any atom is -0.447 e. The second kappa shape index (κ2) is 4.62. The largest absolute Gasteiger partial charge is 0.447 e. The monoisotopic (exact) mass is 227 g/mol. The first-order valence-electron chi connectivity index (χ1n) is 6.25. The summed E-state index contributed by atoms with van der Waals surface area (Å²) in [6.07, 6.45) is 4.08. The molecule has 0 aliphatic carbocycles. The van der Waals surface area contributed by atoms with Gasteiger partial charge in [-0.25, -0.2) is 4.79 Å². The first-order chi connectivity index (χ1) is 7.58. The molecule has 2 aliphatic heterocycles. The second-order valence-electron chi connectivity index (χ2n) is 5.20. The Morgan fingerprint density at radius 1 is 1.31 bits per heavy atom. The van der Waals surface area contributed by atoms with Gasteiger partial charge >= 0.3 is 6.09 Å². The zero-order chi connectivity index (χ0) is 11.7. The lowest BCUT2D eigenvalue weighted by atomic mass is 9.83. The van der Waals surface area contributed by atoms with Crippen molar-refractivity contribution < 1.29 is 14.6 Å². The standard InChI is InChI=1S/C12H21NO3/c1-8(2)16-12(15)13-9-4-3-5-10(13)7-11(14)6-9/h8-11,14H,3-7H2,1-2H3. The SMILES string of the molecule is CC(C)OC(=O)N1C2CCCC1CC(O)C2. The fourth-order valence-corrected chi connectivity index (χ4v) is 2.91. The maximum absolute atomic E-state index is 12.0. The molecule has 0 radical (unpaired) electrons. The Balaban J connectivity index is 2.05. The maximum Gasteiger partial charge on any atom is 0.410 e. The minimum atomic E-state index is -0.238. The van der Waals surface area contributed by atoms with Crippen LogP contribution in [0.25, 0.3) is 0 Å². The van der Waals surface area contributed by atoms with Crippen LogP contribution in [0, 0.1) is 0 Å². The number of hydrogen-bond acceptors (Lipinski definition) is 3. The number of amides is 1. The number of nitrogens with zero attached hydrogens (tertiary/aromatic N) is 1. The van der Waals surface area contributed by atoms with E-state index in [1.54, 1.807) is 0 Å². The van der Waals surface area contributed by atoms with Gasteiger partial charge in [0, 0.05) is 12.1 Å². The number of fused-ring (bicyclic) bond motifs is 2. The lowest BCUT2D eigenvalue weighted by Gasteiger charge is -2.47. The maximum atomic E-state index is 12.0. The van der Waals surface area contributed by atoms with Crippen molar-refractivity contribution in [1.29, 1.82) is 0 Å². The lowest BCUT2D eigenvalue weighted by molar-refractivity contribution is -0.0300. The van der Waals surface area contributed by atoms with Crippen molar-refractivity contribution in [3.8, 4) is 0 Å². The smallest absolute Gasteiger partial charge is 0.410 e. The second-order valence-corrected chi connectivity index (χ2v) is 5.20. The van der Waals surface area contributed by atoms with Gasteiger partial charge in [0.05, 0.1) is 12.2 Å². The van der Waals surface area contributed by atoms with Crippen LogP contribution in [0.15, 0.2) is 0 Å². The number of carbonyl (C=O) groups excluding carboxylic acids is 1. The molecule has 2 aliphatic rings. The third kappa shape index (κ3) is 2.32. The highest BCUT2D eigenvalue weighted by Crippen LogP contribution is 2.34. The van der Waals surface area contributed by atoms with E-state index in [1.807, 2.05) is 18.7 Å². The number of aliphatic hydroxyl groups excluding tert-OH is 1. The highest BCUT2D eigenvalue weighted by atomic mass is 16.6. The topological polar surface area (TPSA) is 49.8 Å². The van der Waals surface area contributed by atoms with E-state index in [4.69, 9.17) is 4.74 Å². The number of carbonyl (C=O) groups is 1. The molecule has 16 heavy (non-hydrogen) atoms.